The van der Waals surface area contributed by atoms with Gasteiger partial charge in [-0.05, 0) is 36.8 Å². The van der Waals surface area contributed by atoms with Gasteiger partial charge in [0.25, 0.3) is 0 Å². The molecule has 144 valence electrons. The molecule has 0 radical (unpaired) electrons. The van der Waals surface area contributed by atoms with Crippen molar-refractivity contribution in [2.75, 3.05) is 6.61 Å². The Morgan fingerprint density at radius 2 is 1.41 bits per heavy atom. The summed E-state index contributed by atoms with van der Waals surface area (Å²) in [5.41, 5.74) is 0.988. The molecule has 4 nitrogen and oxygen atoms in total. The largest absolute Gasteiger partial charge is 0.462 e. The summed E-state index contributed by atoms with van der Waals surface area (Å²) in [5, 5.41) is 0. The van der Waals surface area contributed by atoms with Gasteiger partial charge in [-0.2, -0.15) is 0 Å². The fourth-order valence-electron chi connectivity index (χ4n) is 2.54. The van der Waals surface area contributed by atoms with Crippen molar-refractivity contribution in [3.63, 3.8) is 0 Å². The zero-order valence-electron chi connectivity index (χ0n) is 15.6. The fourth-order valence-corrected chi connectivity index (χ4v) is 2.54. The minimum atomic E-state index is -0.575. The number of hydrogen-bond donors (Lipinski definition) is 0. The minimum absolute atomic E-state index is 0.146. The van der Waals surface area contributed by atoms with E-state index in [-0.39, 0.29) is 6.61 Å². The molecule has 27 heavy (non-hydrogen) atoms. The Morgan fingerprint density at radius 3 is 2.04 bits per heavy atom. The van der Waals surface area contributed by atoms with Crippen LogP contribution < -0.4 is 0 Å². The van der Waals surface area contributed by atoms with Gasteiger partial charge in [-0.3, -0.25) is 0 Å². The number of benzene rings is 2. The van der Waals surface area contributed by atoms with Gasteiger partial charge in [0.1, 0.15) is 12.4 Å². The number of unbranched alkanes of at least 4 members (excludes halogenated alkanes) is 4. The van der Waals surface area contributed by atoms with Crippen molar-refractivity contribution in [3.05, 3.63) is 71.0 Å². The lowest BCUT2D eigenvalue weighted by Gasteiger charge is -2.07. The van der Waals surface area contributed by atoms with Gasteiger partial charge in [0.15, 0.2) is 0 Å². The van der Waals surface area contributed by atoms with Crippen LogP contribution in [0.15, 0.2) is 48.5 Å². The highest BCUT2D eigenvalue weighted by molar-refractivity contribution is 5.93. The van der Waals surface area contributed by atoms with E-state index in [1.807, 2.05) is 0 Å². The summed E-state index contributed by atoms with van der Waals surface area (Å²) in [6, 6.07) is 12.2. The Morgan fingerprint density at radius 1 is 0.815 bits per heavy atom. The van der Waals surface area contributed by atoms with Crippen LogP contribution in [-0.4, -0.2) is 18.5 Å². The van der Waals surface area contributed by atoms with E-state index in [0.717, 1.165) is 19.3 Å². The van der Waals surface area contributed by atoms with Crippen LogP contribution in [0.4, 0.5) is 4.39 Å². The molecule has 0 spiro atoms. The number of ether oxygens (including phenoxy) is 2. The third-order valence-electron chi connectivity index (χ3n) is 4.15. The Labute approximate surface area is 159 Å². The zero-order valence-corrected chi connectivity index (χ0v) is 15.6. The lowest BCUT2D eigenvalue weighted by Crippen LogP contribution is -2.09. The van der Waals surface area contributed by atoms with Crippen molar-refractivity contribution in [1.82, 2.24) is 0 Å². The zero-order chi connectivity index (χ0) is 19.5. The topological polar surface area (TPSA) is 52.6 Å². The first-order chi connectivity index (χ1) is 13.1. The average Bonchev–Trinajstić information content (AvgIpc) is 2.69. The molecule has 0 heterocycles. The smallest absolute Gasteiger partial charge is 0.338 e. The molecule has 0 bridgehead atoms. The predicted molar refractivity (Wildman–Crippen MR) is 101 cm³/mol. The van der Waals surface area contributed by atoms with Crippen LogP contribution >= 0.6 is 0 Å². The lowest BCUT2D eigenvalue weighted by atomic mass is 10.1. The normalized spacial score (nSPS) is 10.4. The van der Waals surface area contributed by atoms with E-state index in [1.54, 1.807) is 18.2 Å². The van der Waals surface area contributed by atoms with Crippen LogP contribution in [0, 0.1) is 5.82 Å². The lowest BCUT2D eigenvalue weighted by molar-refractivity contribution is 0.0463. The number of rotatable bonds is 10. The molecule has 0 saturated heterocycles. The maximum atomic E-state index is 13.5. The average molecular weight is 372 g/mol. The van der Waals surface area contributed by atoms with Gasteiger partial charge in [-0.1, -0.05) is 50.8 Å². The van der Waals surface area contributed by atoms with Crippen LogP contribution in [-0.2, 0) is 16.1 Å². The van der Waals surface area contributed by atoms with Crippen molar-refractivity contribution < 1.29 is 23.5 Å². The maximum absolute atomic E-state index is 13.5. The number of esters is 2. The Bertz CT molecular complexity index is 740. The Kier molecular flexibility index (Phi) is 8.49. The highest BCUT2D eigenvalue weighted by atomic mass is 19.1. The van der Waals surface area contributed by atoms with Gasteiger partial charge < -0.3 is 9.47 Å². The van der Waals surface area contributed by atoms with Crippen molar-refractivity contribution in [1.29, 1.82) is 0 Å². The number of hydrogen-bond acceptors (Lipinski definition) is 4. The van der Waals surface area contributed by atoms with Crippen molar-refractivity contribution >= 4 is 11.9 Å². The third-order valence-corrected chi connectivity index (χ3v) is 4.15. The molecule has 0 amide bonds. The second kappa shape index (κ2) is 11.1. The molecule has 2 rings (SSSR count). The Balaban J connectivity index is 1.79. The summed E-state index contributed by atoms with van der Waals surface area (Å²) in [6.45, 7) is 2.40. The first-order valence-electron chi connectivity index (χ1n) is 9.29. The van der Waals surface area contributed by atoms with Gasteiger partial charge in [-0.25, -0.2) is 14.0 Å². The van der Waals surface area contributed by atoms with Gasteiger partial charge >= 0.3 is 11.9 Å². The van der Waals surface area contributed by atoms with Crippen LogP contribution in [0.1, 0.15) is 65.3 Å². The van der Waals surface area contributed by atoms with Crippen LogP contribution in [0.5, 0.6) is 0 Å². The Hall–Kier alpha value is -2.69. The molecule has 0 aliphatic heterocycles. The SMILES string of the molecule is CCCCCCCOC(=O)c1ccc(C(=O)OCc2ccccc2F)cc1. The summed E-state index contributed by atoms with van der Waals surface area (Å²) in [7, 11) is 0. The second-order valence-electron chi connectivity index (χ2n) is 6.30. The number of halogens is 1. The number of carbonyl (C=O) groups is 2. The molecule has 0 aromatic heterocycles. The highest BCUT2D eigenvalue weighted by Crippen LogP contribution is 2.12. The molecule has 2 aromatic carbocycles. The summed E-state index contributed by atoms with van der Waals surface area (Å²) >= 11 is 0. The van der Waals surface area contributed by atoms with E-state index in [0.29, 0.717) is 23.3 Å². The summed E-state index contributed by atoms with van der Waals surface area (Å²) in [4.78, 5) is 24.0. The van der Waals surface area contributed by atoms with E-state index >= 15 is 0 Å². The fraction of sp³-hybridized carbons (Fsp3) is 0.364. The van der Waals surface area contributed by atoms with Crippen molar-refractivity contribution in [2.45, 2.75) is 45.6 Å². The molecular weight excluding hydrogens is 347 g/mol. The summed E-state index contributed by atoms with van der Waals surface area (Å²) in [5.74, 6) is -1.40. The molecule has 0 fully saturated rings. The first kappa shape index (κ1) is 20.6. The van der Waals surface area contributed by atoms with Gasteiger partial charge in [0.2, 0.25) is 0 Å². The van der Waals surface area contributed by atoms with Crippen LogP contribution in [0.2, 0.25) is 0 Å². The van der Waals surface area contributed by atoms with E-state index in [9.17, 15) is 14.0 Å². The molecular formula is C22H25FO4. The summed E-state index contributed by atoms with van der Waals surface area (Å²) in [6.07, 6.45) is 5.43. The second-order valence-corrected chi connectivity index (χ2v) is 6.30. The molecule has 0 aliphatic rings. The van der Waals surface area contributed by atoms with E-state index in [4.69, 9.17) is 9.47 Å². The first-order valence-corrected chi connectivity index (χ1v) is 9.29. The molecule has 5 heteroatoms. The highest BCUT2D eigenvalue weighted by Gasteiger charge is 2.12. The van der Waals surface area contributed by atoms with Gasteiger partial charge in [-0.15, -0.1) is 0 Å². The molecule has 2 aromatic rings. The molecule has 0 aliphatic carbocycles. The van der Waals surface area contributed by atoms with E-state index in [1.165, 1.54) is 43.2 Å². The van der Waals surface area contributed by atoms with Crippen LogP contribution in [0.25, 0.3) is 0 Å². The molecule has 0 unspecified atom stereocenters. The predicted octanol–water partition coefficient (Wildman–Crippen LogP) is 5.31. The molecule has 0 N–H and O–H groups in total. The van der Waals surface area contributed by atoms with Gasteiger partial charge in [0.05, 0.1) is 17.7 Å². The quantitative estimate of drug-likeness (QED) is 0.419. The third kappa shape index (κ3) is 6.85. The van der Waals surface area contributed by atoms with Gasteiger partial charge in [0, 0.05) is 5.56 Å². The van der Waals surface area contributed by atoms with Crippen molar-refractivity contribution in [2.24, 2.45) is 0 Å². The standard InChI is InChI=1S/C22H25FO4/c1-2-3-4-5-8-15-26-21(24)17-11-13-18(14-12-17)22(25)27-16-19-9-6-7-10-20(19)23/h6-7,9-14H,2-5,8,15-16H2,1H3. The van der Waals surface area contributed by atoms with E-state index < -0.39 is 17.8 Å². The summed E-state index contributed by atoms with van der Waals surface area (Å²) < 4.78 is 23.9. The monoisotopic (exact) mass is 372 g/mol. The molecule has 0 saturated carbocycles. The molecule has 0 atom stereocenters. The maximum Gasteiger partial charge on any atom is 0.338 e. The van der Waals surface area contributed by atoms with Crippen LogP contribution in [0.3, 0.4) is 0 Å². The van der Waals surface area contributed by atoms with Crippen molar-refractivity contribution in [3.8, 4) is 0 Å². The van der Waals surface area contributed by atoms with E-state index in [2.05, 4.69) is 6.92 Å². The number of carbonyl (C=O) groups excluding carboxylic acids is 2. The minimum Gasteiger partial charge on any atom is -0.462 e.